The van der Waals surface area contributed by atoms with E-state index in [9.17, 15) is 14.0 Å². The molecule has 0 bridgehead atoms. The third-order valence-corrected chi connectivity index (χ3v) is 2.78. The molecule has 2 rings (SSSR count). The zero-order valence-electron chi connectivity index (χ0n) is 10.9. The number of aliphatic carboxylic acids is 1. The van der Waals surface area contributed by atoms with Gasteiger partial charge < -0.3 is 10.4 Å². The van der Waals surface area contributed by atoms with Gasteiger partial charge in [-0.2, -0.15) is 0 Å². The van der Waals surface area contributed by atoms with E-state index in [0.29, 0.717) is 0 Å². The first kappa shape index (κ1) is 14.6. The highest BCUT2D eigenvalue weighted by Crippen LogP contribution is 2.09. The summed E-state index contributed by atoms with van der Waals surface area (Å²) in [7, 11) is 0. The van der Waals surface area contributed by atoms with Crippen molar-refractivity contribution in [1.29, 1.82) is 0 Å². The zero-order chi connectivity index (χ0) is 15.2. The van der Waals surface area contributed by atoms with Crippen molar-refractivity contribution in [3.8, 4) is 0 Å². The van der Waals surface area contributed by atoms with Crippen LogP contribution in [0.3, 0.4) is 0 Å². The van der Waals surface area contributed by atoms with Gasteiger partial charge in [0, 0.05) is 18.8 Å². The first-order valence-electron chi connectivity index (χ1n) is 6.11. The van der Waals surface area contributed by atoms with Gasteiger partial charge in [0.2, 0.25) is 0 Å². The zero-order valence-corrected chi connectivity index (χ0v) is 10.9. The number of halogens is 1. The summed E-state index contributed by atoms with van der Waals surface area (Å²) < 4.78 is 13.5. The fraction of sp³-hybridized carbons (Fsp3) is 0.143. The molecule has 0 saturated heterocycles. The SMILES string of the molecule is O=C(NC(Cc1ccccc1F)C(=O)O)c1cnccn1. The normalized spacial score (nSPS) is 11.7. The summed E-state index contributed by atoms with van der Waals surface area (Å²) in [5.74, 6) is -2.44. The Labute approximate surface area is 119 Å². The molecular formula is C14H12FN3O3. The van der Waals surface area contributed by atoms with Crippen LogP contribution in [0.2, 0.25) is 0 Å². The number of nitrogens with zero attached hydrogens (tertiary/aromatic N) is 2. The van der Waals surface area contributed by atoms with Gasteiger partial charge >= 0.3 is 5.97 Å². The van der Waals surface area contributed by atoms with Crippen LogP contribution in [0, 0.1) is 5.82 Å². The number of nitrogens with one attached hydrogen (secondary N) is 1. The molecule has 1 amide bonds. The number of amides is 1. The van der Waals surface area contributed by atoms with Crippen molar-refractivity contribution in [2.24, 2.45) is 0 Å². The van der Waals surface area contributed by atoms with Crippen LogP contribution < -0.4 is 5.32 Å². The predicted octanol–water partition coefficient (Wildman–Crippen LogP) is 1.04. The summed E-state index contributed by atoms with van der Waals surface area (Å²) in [5.41, 5.74) is 0.210. The summed E-state index contributed by atoms with van der Waals surface area (Å²) >= 11 is 0. The molecule has 0 aliphatic heterocycles. The first-order valence-corrected chi connectivity index (χ1v) is 6.11. The second-order valence-corrected chi connectivity index (χ2v) is 4.25. The van der Waals surface area contributed by atoms with Crippen LogP contribution in [0.1, 0.15) is 16.1 Å². The van der Waals surface area contributed by atoms with Crippen LogP contribution in [-0.4, -0.2) is 33.0 Å². The van der Waals surface area contributed by atoms with Crippen molar-refractivity contribution >= 4 is 11.9 Å². The largest absolute Gasteiger partial charge is 0.480 e. The maximum atomic E-state index is 13.5. The number of carbonyl (C=O) groups excluding carboxylic acids is 1. The van der Waals surface area contributed by atoms with Crippen molar-refractivity contribution in [2.75, 3.05) is 0 Å². The molecule has 1 aromatic heterocycles. The Morgan fingerprint density at radius 3 is 2.67 bits per heavy atom. The number of benzene rings is 1. The van der Waals surface area contributed by atoms with Crippen LogP contribution in [0.5, 0.6) is 0 Å². The minimum absolute atomic E-state index is 0.00252. The number of hydrogen-bond acceptors (Lipinski definition) is 4. The lowest BCUT2D eigenvalue weighted by Gasteiger charge is -2.14. The van der Waals surface area contributed by atoms with Crippen LogP contribution >= 0.6 is 0 Å². The number of carboxylic acid groups (broad SMARTS) is 1. The van der Waals surface area contributed by atoms with E-state index < -0.39 is 23.7 Å². The Morgan fingerprint density at radius 1 is 1.29 bits per heavy atom. The van der Waals surface area contributed by atoms with E-state index >= 15 is 0 Å². The van der Waals surface area contributed by atoms with Crippen molar-refractivity contribution in [2.45, 2.75) is 12.5 Å². The van der Waals surface area contributed by atoms with Crippen molar-refractivity contribution < 1.29 is 19.1 Å². The number of aromatic nitrogens is 2. The van der Waals surface area contributed by atoms with Crippen molar-refractivity contribution in [1.82, 2.24) is 15.3 Å². The molecule has 0 spiro atoms. The molecule has 108 valence electrons. The second-order valence-electron chi connectivity index (χ2n) is 4.25. The van der Waals surface area contributed by atoms with E-state index in [1.54, 1.807) is 6.07 Å². The van der Waals surface area contributed by atoms with E-state index in [-0.39, 0.29) is 17.7 Å². The molecule has 1 unspecified atom stereocenters. The van der Waals surface area contributed by atoms with Crippen LogP contribution in [0.4, 0.5) is 4.39 Å². The molecule has 7 heteroatoms. The lowest BCUT2D eigenvalue weighted by atomic mass is 10.1. The molecule has 2 N–H and O–H groups in total. The number of hydrogen-bond donors (Lipinski definition) is 2. The van der Waals surface area contributed by atoms with Gasteiger partial charge in [-0.05, 0) is 11.6 Å². The summed E-state index contributed by atoms with van der Waals surface area (Å²) in [5, 5.41) is 11.4. The van der Waals surface area contributed by atoms with E-state index in [2.05, 4.69) is 15.3 Å². The third kappa shape index (κ3) is 3.82. The fourth-order valence-corrected chi connectivity index (χ4v) is 1.73. The molecule has 0 aliphatic carbocycles. The van der Waals surface area contributed by atoms with Gasteiger partial charge in [-0.3, -0.25) is 9.78 Å². The molecule has 0 saturated carbocycles. The van der Waals surface area contributed by atoms with Crippen molar-refractivity contribution in [3.63, 3.8) is 0 Å². The summed E-state index contributed by atoms with van der Waals surface area (Å²) in [6.07, 6.45) is 3.78. The molecule has 6 nitrogen and oxygen atoms in total. The molecule has 0 fully saturated rings. The predicted molar refractivity (Wildman–Crippen MR) is 71.0 cm³/mol. The first-order chi connectivity index (χ1) is 10.1. The monoisotopic (exact) mass is 289 g/mol. The number of carboxylic acids is 1. The van der Waals surface area contributed by atoms with Gasteiger partial charge in [-0.15, -0.1) is 0 Å². The molecule has 0 aliphatic rings. The van der Waals surface area contributed by atoms with E-state index in [0.717, 1.165) is 0 Å². The average Bonchev–Trinajstić information content (AvgIpc) is 2.49. The highest BCUT2D eigenvalue weighted by molar-refractivity contribution is 5.94. The van der Waals surface area contributed by atoms with Crippen LogP contribution in [-0.2, 0) is 11.2 Å². The number of carbonyl (C=O) groups is 2. The van der Waals surface area contributed by atoms with E-state index in [1.165, 1.54) is 36.8 Å². The smallest absolute Gasteiger partial charge is 0.326 e. The molecule has 1 aromatic carbocycles. The standard InChI is InChI=1S/C14H12FN3O3/c15-10-4-2-1-3-9(10)7-11(14(20)21)18-13(19)12-8-16-5-6-17-12/h1-6,8,11H,7H2,(H,18,19)(H,20,21). The quantitative estimate of drug-likeness (QED) is 0.858. The van der Waals surface area contributed by atoms with Gasteiger partial charge in [0.05, 0.1) is 6.20 Å². The summed E-state index contributed by atoms with van der Waals surface area (Å²) in [6.45, 7) is 0. The Kier molecular flexibility index (Phi) is 4.55. The van der Waals surface area contributed by atoms with Crippen LogP contribution in [0.25, 0.3) is 0 Å². The fourth-order valence-electron chi connectivity index (χ4n) is 1.73. The lowest BCUT2D eigenvalue weighted by Crippen LogP contribution is -2.42. The third-order valence-electron chi connectivity index (χ3n) is 2.78. The second kappa shape index (κ2) is 6.56. The minimum atomic E-state index is -1.25. The lowest BCUT2D eigenvalue weighted by molar-refractivity contribution is -0.139. The minimum Gasteiger partial charge on any atom is -0.480 e. The number of rotatable bonds is 5. The molecular weight excluding hydrogens is 277 g/mol. The molecule has 21 heavy (non-hydrogen) atoms. The molecule has 2 aromatic rings. The van der Waals surface area contributed by atoms with Gasteiger partial charge in [0.1, 0.15) is 17.6 Å². The highest BCUT2D eigenvalue weighted by atomic mass is 19.1. The van der Waals surface area contributed by atoms with E-state index in [1.807, 2.05) is 0 Å². The summed E-state index contributed by atoms with van der Waals surface area (Å²) in [4.78, 5) is 30.6. The molecule has 0 radical (unpaired) electrons. The topological polar surface area (TPSA) is 92.2 Å². The Hall–Kier alpha value is -2.83. The Balaban J connectivity index is 2.12. The maximum absolute atomic E-state index is 13.5. The Morgan fingerprint density at radius 2 is 2.05 bits per heavy atom. The maximum Gasteiger partial charge on any atom is 0.326 e. The van der Waals surface area contributed by atoms with Gasteiger partial charge in [-0.25, -0.2) is 14.2 Å². The average molecular weight is 289 g/mol. The van der Waals surface area contributed by atoms with E-state index in [4.69, 9.17) is 5.11 Å². The van der Waals surface area contributed by atoms with Crippen LogP contribution in [0.15, 0.2) is 42.9 Å². The molecule has 1 heterocycles. The van der Waals surface area contributed by atoms with Crippen molar-refractivity contribution in [3.05, 3.63) is 59.9 Å². The van der Waals surface area contributed by atoms with Gasteiger partial charge in [-0.1, -0.05) is 18.2 Å². The summed E-state index contributed by atoms with van der Waals surface area (Å²) in [6, 6.07) is 4.56. The van der Waals surface area contributed by atoms with Gasteiger partial charge in [0.25, 0.3) is 5.91 Å². The highest BCUT2D eigenvalue weighted by Gasteiger charge is 2.22. The Bertz CT molecular complexity index is 649. The van der Waals surface area contributed by atoms with Gasteiger partial charge in [0.15, 0.2) is 0 Å². The molecule has 1 atom stereocenters.